The van der Waals surface area contributed by atoms with Gasteiger partial charge in [0.05, 0.1) is 10.2 Å². The van der Waals surface area contributed by atoms with Crippen LogP contribution in [-0.2, 0) is 0 Å². The van der Waals surface area contributed by atoms with Crippen LogP contribution >= 0.6 is 11.3 Å². The minimum Gasteiger partial charge on any atom is -0.375 e. The maximum absolute atomic E-state index is 12.4. The first-order chi connectivity index (χ1) is 10.2. The van der Waals surface area contributed by atoms with Crippen molar-refractivity contribution in [3.63, 3.8) is 0 Å². The van der Waals surface area contributed by atoms with E-state index in [2.05, 4.69) is 15.2 Å². The standard InChI is InChI=1S/C15H18N4OS/c16-15-18-12-4-1-9(7-13(12)21-15)14(20)17-10-5-6-19(8-10)11-2-3-11/h1,4,7,10-11H,2-3,5-6,8H2,(H2,16,18)(H,17,20). The van der Waals surface area contributed by atoms with Crippen LogP contribution in [-0.4, -0.2) is 41.0 Å². The Balaban J connectivity index is 1.45. The van der Waals surface area contributed by atoms with Gasteiger partial charge in [0.15, 0.2) is 5.13 Å². The number of anilines is 1. The largest absolute Gasteiger partial charge is 0.375 e. The number of hydrogen-bond acceptors (Lipinski definition) is 5. The molecule has 6 heteroatoms. The van der Waals surface area contributed by atoms with E-state index in [4.69, 9.17) is 5.73 Å². The van der Waals surface area contributed by atoms with Crippen molar-refractivity contribution in [2.75, 3.05) is 18.8 Å². The van der Waals surface area contributed by atoms with Crippen LogP contribution in [0.4, 0.5) is 5.13 Å². The summed E-state index contributed by atoms with van der Waals surface area (Å²) in [6, 6.07) is 6.63. The molecule has 1 unspecified atom stereocenters. The summed E-state index contributed by atoms with van der Waals surface area (Å²) in [5.74, 6) is 0.00604. The number of hydrogen-bond donors (Lipinski definition) is 2. The molecule has 1 aromatic heterocycles. The predicted molar refractivity (Wildman–Crippen MR) is 84.5 cm³/mol. The second-order valence-corrected chi connectivity index (χ2v) is 6.98. The van der Waals surface area contributed by atoms with E-state index in [1.807, 2.05) is 18.2 Å². The van der Waals surface area contributed by atoms with Gasteiger partial charge in [-0.3, -0.25) is 9.69 Å². The quantitative estimate of drug-likeness (QED) is 0.907. The molecule has 1 saturated carbocycles. The molecule has 1 atom stereocenters. The number of nitrogens with one attached hydrogen (secondary N) is 1. The third-order valence-electron chi connectivity index (χ3n) is 4.29. The number of likely N-dealkylation sites (tertiary alicyclic amines) is 1. The average molecular weight is 302 g/mol. The number of rotatable bonds is 3. The van der Waals surface area contributed by atoms with Gasteiger partial charge < -0.3 is 11.1 Å². The van der Waals surface area contributed by atoms with Gasteiger partial charge in [-0.15, -0.1) is 0 Å². The smallest absolute Gasteiger partial charge is 0.251 e. The summed E-state index contributed by atoms with van der Waals surface area (Å²) >= 11 is 1.42. The van der Waals surface area contributed by atoms with Gasteiger partial charge in [0, 0.05) is 30.7 Å². The third kappa shape index (κ3) is 2.61. The fraction of sp³-hybridized carbons (Fsp3) is 0.467. The van der Waals surface area contributed by atoms with Gasteiger partial charge in [-0.1, -0.05) is 11.3 Å². The van der Waals surface area contributed by atoms with E-state index in [1.165, 1.54) is 24.2 Å². The number of fused-ring (bicyclic) bond motifs is 1. The molecule has 2 aromatic rings. The minimum atomic E-state index is 0.00604. The summed E-state index contributed by atoms with van der Waals surface area (Å²) in [6.45, 7) is 2.10. The van der Waals surface area contributed by atoms with Crippen molar-refractivity contribution in [3.8, 4) is 0 Å². The Kier molecular flexibility index (Phi) is 3.08. The van der Waals surface area contributed by atoms with Crippen LogP contribution < -0.4 is 11.1 Å². The number of carbonyl (C=O) groups is 1. The molecule has 2 aliphatic rings. The second-order valence-electron chi connectivity index (χ2n) is 5.92. The topological polar surface area (TPSA) is 71.2 Å². The van der Waals surface area contributed by atoms with Crippen LogP contribution in [0.15, 0.2) is 18.2 Å². The number of amides is 1. The first-order valence-corrected chi connectivity index (χ1v) is 8.22. The third-order valence-corrected chi connectivity index (χ3v) is 5.13. The molecule has 1 amide bonds. The molecule has 1 saturated heterocycles. The Labute approximate surface area is 127 Å². The molecule has 21 heavy (non-hydrogen) atoms. The number of nitrogens with zero attached hydrogens (tertiary/aromatic N) is 2. The van der Waals surface area contributed by atoms with Gasteiger partial charge >= 0.3 is 0 Å². The maximum atomic E-state index is 12.4. The van der Waals surface area contributed by atoms with Crippen molar-refractivity contribution in [1.29, 1.82) is 0 Å². The Morgan fingerprint density at radius 1 is 1.38 bits per heavy atom. The first-order valence-electron chi connectivity index (χ1n) is 7.40. The SMILES string of the molecule is Nc1nc2ccc(C(=O)NC3CCN(C4CC4)C3)cc2s1. The number of thiazole rings is 1. The van der Waals surface area contributed by atoms with Gasteiger partial charge in [-0.05, 0) is 37.5 Å². The molecule has 1 aliphatic heterocycles. The molecule has 4 rings (SSSR count). The highest BCUT2D eigenvalue weighted by atomic mass is 32.1. The van der Waals surface area contributed by atoms with Crippen LogP contribution in [0.5, 0.6) is 0 Å². The normalized spacial score (nSPS) is 22.8. The molecule has 5 nitrogen and oxygen atoms in total. The number of carbonyl (C=O) groups excluding carboxylic acids is 1. The Bertz CT molecular complexity index is 694. The Morgan fingerprint density at radius 2 is 2.24 bits per heavy atom. The van der Waals surface area contributed by atoms with Crippen LogP contribution in [0.3, 0.4) is 0 Å². The predicted octanol–water partition coefficient (Wildman–Crippen LogP) is 1.84. The number of benzene rings is 1. The summed E-state index contributed by atoms with van der Waals surface area (Å²) < 4.78 is 0.964. The summed E-state index contributed by atoms with van der Waals surface area (Å²) in [7, 11) is 0. The number of nitrogens with two attached hydrogens (primary N) is 1. The molecule has 1 aliphatic carbocycles. The summed E-state index contributed by atoms with van der Waals surface area (Å²) in [5.41, 5.74) is 7.25. The van der Waals surface area contributed by atoms with E-state index in [1.54, 1.807) is 0 Å². The van der Waals surface area contributed by atoms with E-state index in [0.717, 1.165) is 35.8 Å². The zero-order chi connectivity index (χ0) is 14.4. The fourth-order valence-corrected chi connectivity index (χ4v) is 3.80. The summed E-state index contributed by atoms with van der Waals surface area (Å²) in [5, 5.41) is 3.69. The molecule has 110 valence electrons. The maximum Gasteiger partial charge on any atom is 0.251 e. The van der Waals surface area contributed by atoms with E-state index < -0.39 is 0 Å². The molecular weight excluding hydrogens is 284 g/mol. The van der Waals surface area contributed by atoms with Crippen molar-refractivity contribution in [1.82, 2.24) is 15.2 Å². The Hall–Kier alpha value is -1.66. The summed E-state index contributed by atoms with van der Waals surface area (Å²) in [6.07, 6.45) is 3.70. The molecule has 2 fully saturated rings. The van der Waals surface area contributed by atoms with Crippen LogP contribution in [0.25, 0.3) is 10.2 Å². The average Bonchev–Trinajstić information content (AvgIpc) is 3.09. The minimum absolute atomic E-state index is 0.00604. The van der Waals surface area contributed by atoms with Crippen LogP contribution in [0, 0.1) is 0 Å². The van der Waals surface area contributed by atoms with E-state index in [0.29, 0.717) is 10.7 Å². The molecule has 0 spiro atoms. The van der Waals surface area contributed by atoms with Gasteiger partial charge in [0.1, 0.15) is 0 Å². The highest BCUT2D eigenvalue weighted by Gasteiger charge is 2.34. The fourth-order valence-electron chi connectivity index (χ4n) is 3.03. The highest BCUT2D eigenvalue weighted by Crippen LogP contribution is 2.30. The molecule has 0 bridgehead atoms. The van der Waals surface area contributed by atoms with Crippen molar-refractivity contribution in [2.24, 2.45) is 0 Å². The van der Waals surface area contributed by atoms with E-state index in [9.17, 15) is 4.79 Å². The molecule has 3 N–H and O–H groups in total. The zero-order valence-corrected chi connectivity index (χ0v) is 12.5. The first kappa shape index (κ1) is 13.0. The highest BCUT2D eigenvalue weighted by molar-refractivity contribution is 7.22. The number of aromatic nitrogens is 1. The number of nitrogen functional groups attached to an aromatic ring is 1. The van der Waals surface area contributed by atoms with E-state index >= 15 is 0 Å². The molecule has 1 aromatic carbocycles. The van der Waals surface area contributed by atoms with E-state index in [-0.39, 0.29) is 11.9 Å². The van der Waals surface area contributed by atoms with Crippen molar-refractivity contribution in [2.45, 2.75) is 31.3 Å². The van der Waals surface area contributed by atoms with Gasteiger partial charge in [0.2, 0.25) is 0 Å². The zero-order valence-electron chi connectivity index (χ0n) is 11.7. The molecular formula is C15H18N4OS. The van der Waals surface area contributed by atoms with Gasteiger partial charge in [-0.25, -0.2) is 4.98 Å². The van der Waals surface area contributed by atoms with Crippen molar-refractivity contribution >= 4 is 32.6 Å². The second kappa shape index (κ2) is 4.96. The van der Waals surface area contributed by atoms with Crippen LogP contribution in [0.2, 0.25) is 0 Å². The lowest BCUT2D eigenvalue weighted by Crippen LogP contribution is -2.37. The Morgan fingerprint density at radius 3 is 3.05 bits per heavy atom. The lowest BCUT2D eigenvalue weighted by molar-refractivity contribution is 0.0937. The molecule has 0 radical (unpaired) electrons. The van der Waals surface area contributed by atoms with Crippen molar-refractivity contribution in [3.05, 3.63) is 23.8 Å². The monoisotopic (exact) mass is 302 g/mol. The van der Waals surface area contributed by atoms with Gasteiger partial charge in [0.25, 0.3) is 5.91 Å². The van der Waals surface area contributed by atoms with Gasteiger partial charge in [-0.2, -0.15) is 0 Å². The lowest BCUT2D eigenvalue weighted by Gasteiger charge is -2.15. The lowest BCUT2D eigenvalue weighted by atomic mass is 10.2. The molecule has 2 heterocycles. The summed E-state index contributed by atoms with van der Waals surface area (Å²) in [4.78, 5) is 19.1. The van der Waals surface area contributed by atoms with Crippen LogP contribution in [0.1, 0.15) is 29.6 Å². The van der Waals surface area contributed by atoms with Crippen molar-refractivity contribution < 1.29 is 4.79 Å².